The van der Waals surface area contributed by atoms with E-state index in [9.17, 15) is 4.79 Å². The Balaban J connectivity index is 1.73. The zero-order chi connectivity index (χ0) is 22.4. The molecule has 0 fully saturated rings. The van der Waals surface area contributed by atoms with Crippen LogP contribution in [0.15, 0.2) is 59.8 Å². The standard InChI is InChI=1S/C23H28N4O3S/c1-16(2)27-22(17(3)30-20-14-10-9-13-19(20)29-5)24-25-23(27)31-15-21(28)26(4)18-11-7-6-8-12-18/h6-14,16-17H,15H2,1-5H3. The molecular weight excluding hydrogens is 412 g/mol. The van der Waals surface area contributed by atoms with Crippen molar-refractivity contribution in [3.05, 3.63) is 60.4 Å². The van der Waals surface area contributed by atoms with Crippen LogP contribution in [0.1, 0.15) is 38.7 Å². The van der Waals surface area contributed by atoms with Gasteiger partial charge in [0.05, 0.1) is 12.9 Å². The molecule has 0 aliphatic heterocycles. The van der Waals surface area contributed by atoms with Gasteiger partial charge in [-0.2, -0.15) is 0 Å². The minimum absolute atomic E-state index is 0.00521. The van der Waals surface area contributed by atoms with Crippen LogP contribution in [0, 0.1) is 0 Å². The van der Waals surface area contributed by atoms with Crippen molar-refractivity contribution in [1.82, 2.24) is 14.8 Å². The monoisotopic (exact) mass is 440 g/mol. The number of carbonyl (C=O) groups excluding carboxylic acids is 1. The third kappa shape index (κ3) is 5.38. The highest BCUT2D eigenvalue weighted by atomic mass is 32.2. The number of thioether (sulfide) groups is 1. The van der Waals surface area contributed by atoms with E-state index in [1.165, 1.54) is 11.8 Å². The summed E-state index contributed by atoms with van der Waals surface area (Å²) in [5.41, 5.74) is 0.859. The van der Waals surface area contributed by atoms with Gasteiger partial charge in [-0.3, -0.25) is 4.79 Å². The van der Waals surface area contributed by atoms with E-state index < -0.39 is 0 Å². The molecule has 2 aromatic carbocycles. The number of amides is 1. The third-order valence-electron chi connectivity index (χ3n) is 4.79. The number of benzene rings is 2. The summed E-state index contributed by atoms with van der Waals surface area (Å²) in [6.07, 6.45) is -0.344. The van der Waals surface area contributed by atoms with Gasteiger partial charge in [-0.15, -0.1) is 10.2 Å². The molecule has 0 radical (unpaired) electrons. The van der Waals surface area contributed by atoms with Gasteiger partial charge >= 0.3 is 0 Å². The molecule has 0 aliphatic carbocycles. The van der Waals surface area contributed by atoms with Crippen molar-refractivity contribution >= 4 is 23.4 Å². The molecule has 7 nitrogen and oxygen atoms in total. The average Bonchev–Trinajstić information content (AvgIpc) is 3.22. The lowest BCUT2D eigenvalue weighted by atomic mass is 10.3. The predicted molar refractivity (Wildman–Crippen MR) is 123 cm³/mol. The Morgan fingerprint density at radius 3 is 2.32 bits per heavy atom. The van der Waals surface area contributed by atoms with Gasteiger partial charge in [-0.05, 0) is 45.0 Å². The maximum absolute atomic E-state index is 12.7. The molecule has 1 unspecified atom stereocenters. The molecule has 8 heteroatoms. The normalized spacial score (nSPS) is 11.9. The van der Waals surface area contributed by atoms with Crippen molar-refractivity contribution in [2.45, 2.75) is 38.1 Å². The Morgan fingerprint density at radius 1 is 1.03 bits per heavy atom. The molecule has 1 amide bonds. The SMILES string of the molecule is COc1ccccc1OC(C)c1nnc(SCC(=O)N(C)c2ccccc2)n1C(C)C. The molecule has 0 spiro atoms. The molecule has 0 saturated heterocycles. The first-order valence-electron chi connectivity index (χ1n) is 10.1. The molecule has 0 aliphatic rings. The molecule has 1 heterocycles. The van der Waals surface area contributed by atoms with Crippen LogP contribution in [0.5, 0.6) is 11.5 Å². The third-order valence-corrected chi connectivity index (χ3v) is 5.71. The maximum Gasteiger partial charge on any atom is 0.237 e. The number of anilines is 1. The van der Waals surface area contributed by atoms with Gasteiger partial charge in [0.1, 0.15) is 0 Å². The fraction of sp³-hybridized carbons (Fsp3) is 0.348. The molecule has 0 saturated carbocycles. The number of hydrogen-bond acceptors (Lipinski definition) is 6. The number of rotatable bonds is 9. The number of methoxy groups -OCH3 is 1. The smallest absolute Gasteiger partial charge is 0.237 e. The maximum atomic E-state index is 12.7. The molecule has 164 valence electrons. The fourth-order valence-electron chi connectivity index (χ4n) is 3.13. The number of nitrogens with zero attached hydrogens (tertiary/aromatic N) is 4. The van der Waals surface area contributed by atoms with Crippen LogP contribution in [-0.2, 0) is 4.79 Å². The number of carbonyl (C=O) groups is 1. The zero-order valence-corrected chi connectivity index (χ0v) is 19.3. The fourth-order valence-corrected chi connectivity index (χ4v) is 4.12. The molecule has 1 atom stereocenters. The predicted octanol–water partition coefficient (Wildman–Crippen LogP) is 4.76. The number of para-hydroxylation sites is 3. The Labute approximate surface area is 187 Å². The molecule has 31 heavy (non-hydrogen) atoms. The molecule has 0 N–H and O–H groups in total. The number of hydrogen-bond donors (Lipinski definition) is 0. The second-order valence-corrected chi connectivity index (χ2v) is 8.23. The second kappa shape index (κ2) is 10.3. The zero-order valence-electron chi connectivity index (χ0n) is 18.5. The van der Waals surface area contributed by atoms with Gasteiger partial charge < -0.3 is 18.9 Å². The topological polar surface area (TPSA) is 69.5 Å². The average molecular weight is 441 g/mol. The van der Waals surface area contributed by atoms with Crippen LogP contribution in [0.25, 0.3) is 0 Å². The molecule has 0 bridgehead atoms. The Kier molecular flexibility index (Phi) is 7.57. The second-order valence-electron chi connectivity index (χ2n) is 7.29. The van der Waals surface area contributed by atoms with E-state index in [-0.39, 0.29) is 23.8 Å². The van der Waals surface area contributed by atoms with Crippen molar-refractivity contribution in [2.75, 3.05) is 24.8 Å². The van der Waals surface area contributed by atoms with E-state index in [1.54, 1.807) is 19.1 Å². The summed E-state index contributed by atoms with van der Waals surface area (Å²) in [5, 5.41) is 9.40. The Morgan fingerprint density at radius 2 is 1.68 bits per heavy atom. The van der Waals surface area contributed by atoms with Crippen molar-refractivity contribution in [2.24, 2.45) is 0 Å². The minimum Gasteiger partial charge on any atom is -0.493 e. The largest absolute Gasteiger partial charge is 0.493 e. The van der Waals surface area contributed by atoms with Gasteiger partial charge in [-0.25, -0.2) is 0 Å². The van der Waals surface area contributed by atoms with Crippen molar-refractivity contribution in [3.63, 3.8) is 0 Å². The van der Waals surface area contributed by atoms with E-state index in [4.69, 9.17) is 9.47 Å². The van der Waals surface area contributed by atoms with E-state index in [0.29, 0.717) is 22.5 Å². The summed E-state index contributed by atoms with van der Waals surface area (Å²) < 4.78 is 13.5. The lowest BCUT2D eigenvalue weighted by molar-refractivity contribution is -0.115. The van der Waals surface area contributed by atoms with Crippen LogP contribution in [0.3, 0.4) is 0 Å². The van der Waals surface area contributed by atoms with Crippen LogP contribution in [0.2, 0.25) is 0 Å². The van der Waals surface area contributed by atoms with Crippen LogP contribution in [-0.4, -0.2) is 40.6 Å². The van der Waals surface area contributed by atoms with E-state index in [0.717, 1.165) is 5.69 Å². The number of aromatic nitrogens is 3. The van der Waals surface area contributed by atoms with Crippen LogP contribution >= 0.6 is 11.8 Å². The molecule has 3 aromatic rings. The minimum atomic E-state index is -0.344. The summed E-state index contributed by atoms with van der Waals surface area (Å²) in [6, 6.07) is 17.2. The Bertz CT molecular complexity index is 1010. The van der Waals surface area contributed by atoms with Gasteiger partial charge in [-0.1, -0.05) is 42.1 Å². The van der Waals surface area contributed by atoms with Crippen LogP contribution in [0.4, 0.5) is 5.69 Å². The quantitative estimate of drug-likeness (QED) is 0.447. The van der Waals surface area contributed by atoms with Crippen molar-refractivity contribution in [3.8, 4) is 11.5 Å². The van der Waals surface area contributed by atoms with Crippen LogP contribution < -0.4 is 14.4 Å². The lowest BCUT2D eigenvalue weighted by Gasteiger charge is -2.20. The Hall–Kier alpha value is -3.00. The summed E-state index contributed by atoms with van der Waals surface area (Å²) in [4.78, 5) is 14.3. The van der Waals surface area contributed by atoms with Crippen molar-refractivity contribution in [1.29, 1.82) is 0 Å². The van der Waals surface area contributed by atoms with Gasteiger partial charge in [0.15, 0.2) is 28.6 Å². The highest BCUT2D eigenvalue weighted by molar-refractivity contribution is 7.99. The van der Waals surface area contributed by atoms with E-state index >= 15 is 0 Å². The van der Waals surface area contributed by atoms with Gasteiger partial charge in [0, 0.05) is 18.8 Å². The van der Waals surface area contributed by atoms with Gasteiger partial charge in [0.2, 0.25) is 5.91 Å². The van der Waals surface area contributed by atoms with E-state index in [1.807, 2.05) is 66.1 Å². The first-order chi connectivity index (χ1) is 14.9. The van der Waals surface area contributed by atoms with E-state index in [2.05, 4.69) is 24.0 Å². The molecule has 3 rings (SSSR count). The first kappa shape index (κ1) is 22.7. The van der Waals surface area contributed by atoms with Crippen molar-refractivity contribution < 1.29 is 14.3 Å². The van der Waals surface area contributed by atoms with Gasteiger partial charge in [0.25, 0.3) is 0 Å². The first-order valence-corrected chi connectivity index (χ1v) is 11.1. The highest BCUT2D eigenvalue weighted by Crippen LogP contribution is 2.32. The summed E-state index contributed by atoms with van der Waals surface area (Å²) >= 11 is 1.38. The number of ether oxygens (including phenoxy) is 2. The highest BCUT2D eigenvalue weighted by Gasteiger charge is 2.23. The summed E-state index contributed by atoms with van der Waals surface area (Å²) in [7, 11) is 3.39. The lowest BCUT2D eigenvalue weighted by Crippen LogP contribution is -2.28. The molecule has 1 aromatic heterocycles. The summed E-state index contributed by atoms with van der Waals surface area (Å²) in [6.45, 7) is 6.05. The molecular formula is C23H28N4O3S. The summed E-state index contributed by atoms with van der Waals surface area (Å²) in [5.74, 6) is 2.26.